The number of carbonyl (C=O) groups excluding carboxylic acids is 1. The Kier molecular flexibility index (Phi) is 3.72. The van der Waals surface area contributed by atoms with Crippen LogP contribution in [0, 0.1) is 0 Å². The first-order valence-corrected chi connectivity index (χ1v) is 4.79. The van der Waals surface area contributed by atoms with Crippen molar-refractivity contribution >= 4 is 17.7 Å². The maximum atomic E-state index is 10.8. The van der Waals surface area contributed by atoms with E-state index < -0.39 is 0 Å². The van der Waals surface area contributed by atoms with E-state index in [1.807, 2.05) is 11.8 Å². The van der Waals surface area contributed by atoms with Crippen LogP contribution in [0.5, 0.6) is 0 Å². The van der Waals surface area contributed by atoms with Gasteiger partial charge in [0, 0.05) is 24.1 Å². The van der Waals surface area contributed by atoms with E-state index in [1.165, 1.54) is 7.11 Å². The maximum Gasteiger partial charge on any atom is 0.307 e. The molecule has 1 saturated heterocycles. The lowest BCUT2D eigenvalue weighted by Gasteiger charge is -2.19. The summed E-state index contributed by atoms with van der Waals surface area (Å²) in [7, 11) is 1.41. The molecule has 0 saturated carbocycles. The van der Waals surface area contributed by atoms with Gasteiger partial charge in [-0.2, -0.15) is 11.8 Å². The number of thioether (sulfide) groups is 1. The zero-order chi connectivity index (χ0) is 8.10. The van der Waals surface area contributed by atoms with Crippen molar-refractivity contribution in [3.05, 3.63) is 0 Å². The van der Waals surface area contributed by atoms with Gasteiger partial charge in [0.25, 0.3) is 0 Å². The zero-order valence-electron chi connectivity index (χ0n) is 6.58. The van der Waals surface area contributed by atoms with E-state index in [9.17, 15) is 4.79 Å². The predicted octanol–water partition coefficient (Wildman–Crippen LogP) is 0.269. The van der Waals surface area contributed by atoms with Crippen molar-refractivity contribution < 1.29 is 9.53 Å². The highest BCUT2D eigenvalue weighted by atomic mass is 32.2. The van der Waals surface area contributed by atoms with E-state index in [2.05, 4.69) is 10.1 Å². The topological polar surface area (TPSA) is 40.4 Å². The van der Waals surface area contributed by atoms with Crippen molar-refractivity contribution in [2.45, 2.75) is 12.5 Å². The molecule has 1 aliphatic rings. The van der Waals surface area contributed by atoms with Gasteiger partial charge < -0.3 is 4.74 Å². The van der Waals surface area contributed by atoms with E-state index in [0.29, 0.717) is 6.42 Å². The second-order valence-electron chi connectivity index (χ2n) is 2.42. The third-order valence-corrected chi connectivity index (χ3v) is 2.65. The summed E-state index contributed by atoms with van der Waals surface area (Å²) in [6.07, 6.45) is 0.448. The molecule has 4 heteroatoms. The van der Waals surface area contributed by atoms with Crippen molar-refractivity contribution in [3.8, 4) is 0 Å². The van der Waals surface area contributed by atoms with Crippen LogP contribution < -0.4 is 5.32 Å². The minimum absolute atomic E-state index is 0.152. The Morgan fingerprint density at radius 1 is 1.82 bits per heavy atom. The van der Waals surface area contributed by atoms with Gasteiger partial charge in [-0.3, -0.25) is 4.79 Å². The number of carbonyl (C=O) groups is 1. The highest BCUT2D eigenvalue weighted by molar-refractivity contribution is 7.99. The summed E-state index contributed by atoms with van der Waals surface area (Å²) in [6, 6.07) is 0.196. The van der Waals surface area contributed by atoms with E-state index in [0.717, 1.165) is 18.1 Å². The molecule has 1 unspecified atom stereocenters. The molecule has 0 N–H and O–H groups in total. The van der Waals surface area contributed by atoms with E-state index in [4.69, 9.17) is 0 Å². The van der Waals surface area contributed by atoms with E-state index in [-0.39, 0.29) is 12.0 Å². The number of esters is 1. The molecule has 1 atom stereocenters. The van der Waals surface area contributed by atoms with Crippen molar-refractivity contribution in [1.29, 1.82) is 0 Å². The second-order valence-corrected chi connectivity index (χ2v) is 3.57. The number of hydrogen-bond acceptors (Lipinski definition) is 3. The van der Waals surface area contributed by atoms with Gasteiger partial charge in [-0.25, -0.2) is 5.32 Å². The Morgan fingerprint density at radius 2 is 2.64 bits per heavy atom. The number of ether oxygens (including phenoxy) is 1. The molecule has 11 heavy (non-hydrogen) atoms. The fourth-order valence-electron chi connectivity index (χ4n) is 0.971. The van der Waals surface area contributed by atoms with Gasteiger partial charge in [0.2, 0.25) is 0 Å². The smallest absolute Gasteiger partial charge is 0.307 e. The van der Waals surface area contributed by atoms with Crippen molar-refractivity contribution in [2.24, 2.45) is 0 Å². The highest BCUT2D eigenvalue weighted by Gasteiger charge is 2.17. The van der Waals surface area contributed by atoms with E-state index >= 15 is 0 Å². The Hall–Kier alpha value is -0.220. The average molecular weight is 174 g/mol. The molecule has 0 spiro atoms. The molecular formula is C7H12NO2S. The SMILES string of the molecule is COC(=O)CC1CSCC[N]1. The third-order valence-electron chi connectivity index (χ3n) is 1.56. The molecule has 1 heterocycles. The van der Waals surface area contributed by atoms with Crippen molar-refractivity contribution in [2.75, 3.05) is 25.2 Å². The lowest BCUT2D eigenvalue weighted by Crippen LogP contribution is -2.33. The van der Waals surface area contributed by atoms with Crippen LogP contribution in [0.1, 0.15) is 6.42 Å². The Morgan fingerprint density at radius 3 is 3.18 bits per heavy atom. The minimum atomic E-state index is -0.152. The molecule has 63 valence electrons. The Bertz CT molecular complexity index is 134. The van der Waals surface area contributed by atoms with Gasteiger partial charge in [-0.1, -0.05) is 0 Å². The Balaban J connectivity index is 2.19. The molecule has 0 aromatic carbocycles. The van der Waals surface area contributed by atoms with Gasteiger partial charge in [0.15, 0.2) is 0 Å². The van der Waals surface area contributed by atoms with Gasteiger partial charge >= 0.3 is 5.97 Å². The fraction of sp³-hybridized carbons (Fsp3) is 0.857. The first kappa shape index (κ1) is 8.87. The molecule has 0 bridgehead atoms. The van der Waals surface area contributed by atoms with Crippen molar-refractivity contribution in [3.63, 3.8) is 0 Å². The van der Waals surface area contributed by atoms with Crippen LogP contribution in [0.2, 0.25) is 0 Å². The van der Waals surface area contributed by atoms with Crippen LogP contribution in [0.3, 0.4) is 0 Å². The van der Waals surface area contributed by atoms with Crippen molar-refractivity contribution in [1.82, 2.24) is 5.32 Å². The van der Waals surface area contributed by atoms with E-state index in [1.54, 1.807) is 0 Å². The van der Waals surface area contributed by atoms with Crippen LogP contribution >= 0.6 is 11.8 Å². The monoisotopic (exact) mass is 174 g/mol. The Labute approximate surface area is 70.9 Å². The highest BCUT2D eigenvalue weighted by Crippen LogP contribution is 2.11. The van der Waals surface area contributed by atoms with Crippen LogP contribution in [-0.4, -0.2) is 37.2 Å². The summed E-state index contributed by atoms with van der Waals surface area (Å²) in [4.78, 5) is 10.8. The fourth-order valence-corrected chi connectivity index (χ4v) is 1.87. The second kappa shape index (κ2) is 4.62. The molecule has 1 aliphatic heterocycles. The standard InChI is InChI=1S/C7H12NO2S/c1-10-7(9)4-6-5-11-3-2-8-6/h6H,2-5H2,1H3. The summed E-state index contributed by atoms with van der Waals surface area (Å²) in [5.74, 6) is 1.91. The van der Waals surface area contributed by atoms with Gasteiger partial charge in [-0.15, -0.1) is 0 Å². The van der Waals surface area contributed by atoms with Gasteiger partial charge in [-0.05, 0) is 0 Å². The van der Waals surface area contributed by atoms with Gasteiger partial charge in [0.05, 0.1) is 13.5 Å². The van der Waals surface area contributed by atoms with Crippen LogP contribution in [0.15, 0.2) is 0 Å². The quantitative estimate of drug-likeness (QED) is 0.564. The molecule has 3 nitrogen and oxygen atoms in total. The first-order valence-electron chi connectivity index (χ1n) is 3.64. The number of methoxy groups -OCH3 is 1. The number of nitrogens with zero attached hydrogens (tertiary/aromatic N) is 1. The molecular weight excluding hydrogens is 162 g/mol. The number of hydrogen-bond donors (Lipinski definition) is 0. The molecule has 1 fully saturated rings. The summed E-state index contributed by atoms with van der Waals surface area (Å²) < 4.78 is 4.54. The molecule has 0 aliphatic carbocycles. The zero-order valence-corrected chi connectivity index (χ0v) is 7.39. The average Bonchev–Trinajstić information content (AvgIpc) is 2.06. The summed E-state index contributed by atoms with van der Waals surface area (Å²) in [5, 5.41) is 4.30. The maximum absolute atomic E-state index is 10.8. The molecule has 1 radical (unpaired) electrons. The number of rotatable bonds is 2. The lowest BCUT2D eigenvalue weighted by molar-refractivity contribution is -0.141. The normalized spacial score (nSPS) is 24.6. The third kappa shape index (κ3) is 3.12. The molecule has 0 amide bonds. The van der Waals surface area contributed by atoms with Crippen LogP contribution in [-0.2, 0) is 9.53 Å². The summed E-state index contributed by atoms with van der Waals surface area (Å²) >= 11 is 1.85. The molecule has 0 aromatic heterocycles. The summed E-state index contributed by atoms with van der Waals surface area (Å²) in [5.41, 5.74) is 0. The summed E-state index contributed by atoms with van der Waals surface area (Å²) in [6.45, 7) is 0.881. The van der Waals surface area contributed by atoms with Gasteiger partial charge in [0.1, 0.15) is 0 Å². The predicted molar refractivity (Wildman–Crippen MR) is 44.7 cm³/mol. The van der Waals surface area contributed by atoms with Crippen LogP contribution in [0.4, 0.5) is 0 Å². The molecule has 0 aromatic rings. The lowest BCUT2D eigenvalue weighted by atomic mass is 10.2. The minimum Gasteiger partial charge on any atom is -0.469 e. The van der Waals surface area contributed by atoms with Crippen LogP contribution in [0.25, 0.3) is 0 Å². The molecule has 1 rings (SSSR count). The first-order chi connectivity index (χ1) is 5.33. The largest absolute Gasteiger partial charge is 0.469 e.